The molecule has 3 rings (SSSR count). The molecule has 0 spiro atoms. The van der Waals surface area contributed by atoms with Crippen molar-refractivity contribution in [3.8, 4) is 0 Å². The van der Waals surface area contributed by atoms with E-state index in [1.807, 2.05) is 12.1 Å². The molecule has 1 atom stereocenters. The standard InChI is InChI=1S/C18H23N3O3/c19-9-3-1-2-4-12-5-6-13-11-21(18(24)14(13)10-12)15-7-8-16(22)20-17(15)23/h5-6,10,15H,1-4,7-9,11,19H2,(H,20,22,23). The van der Waals surface area contributed by atoms with E-state index in [-0.39, 0.29) is 24.1 Å². The van der Waals surface area contributed by atoms with Crippen molar-refractivity contribution in [1.29, 1.82) is 0 Å². The number of hydrogen-bond donors (Lipinski definition) is 2. The van der Waals surface area contributed by atoms with E-state index in [1.54, 1.807) is 4.90 Å². The highest BCUT2D eigenvalue weighted by Gasteiger charge is 2.38. The van der Waals surface area contributed by atoms with Crippen LogP contribution in [0.5, 0.6) is 0 Å². The zero-order valence-corrected chi connectivity index (χ0v) is 13.7. The van der Waals surface area contributed by atoms with Gasteiger partial charge in [-0.3, -0.25) is 19.7 Å². The monoisotopic (exact) mass is 329 g/mol. The lowest BCUT2D eigenvalue weighted by Crippen LogP contribution is -2.52. The van der Waals surface area contributed by atoms with Gasteiger partial charge in [0.25, 0.3) is 5.91 Å². The summed E-state index contributed by atoms with van der Waals surface area (Å²) in [6.07, 6.45) is 4.77. The summed E-state index contributed by atoms with van der Waals surface area (Å²) >= 11 is 0. The highest BCUT2D eigenvalue weighted by molar-refractivity contribution is 6.05. The van der Waals surface area contributed by atoms with Crippen LogP contribution in [0.1, 0.15) is 53.6 Å². The van der Waals surface area contributed by atoms with Gasteiger partial charge in [-0.1, -0.05) is 18.6 Å². The van der Waals surface area contributed by atoms with Crippen molar-refractivity contribution in [1.82, 2.24) is 10.2 Å². The number of rotatable bonds is 6. The Kier molecular flexibility index (Phi) is 4.94. The van der Waals surface area contributed by atoms with Crippen LogP contribution in [0.3, 0.4) is 0 Å². The van der Waals surface area contributed by atoms with Crippen LogP contribution in [-0.4, -0.2) is 35.2 Å². The first-order chi connectivity index (χ1) is 11.6. The number of hydrogen-bond acceptors (Lipinski definition) is 4. The van der Waals surface area contributed by atoms with E-state index < -0.39 is 6.04 Å². The number of fused-ring (bicyclic) bond motifs is 1. The Balaban J connectivity index is 1.69. The molecule has 1 saturated heterocycles. The fraction of sp³-hybridized carbons (Fsp3) is 0.500. The lowest BCUT2D eigenvalue weighted by Gasteiger charge is -2.29. The quantitative estimate of drug-likeness (QED) is 0.604. The van der Waals surface area contributed by atoms with Gasteiger partial charge >= 0.3 is 0 Å². The van der Waals surface area contributed by atoms with Crippen molar-refractivity contribution in [3.63, 3.8) is 0 Å². The lowest BCUT2D eigenvalue weighted by atomic mass is 10.0. The Labute approximate surface area is 141 Å². The van der Waals surface area contributed by atoms with Crippen LogP contribution >= 0.6 is 0 Å². The van der Waals surface area contributed by atoms with Crippen molar-refractivity contribution in [2.75, 3.05) is 6.54 Å². The highest BCUT2D eigenvalue weighted by Crippen LogP contribution is 2.28. The second kappa shape index (κ2) is 7.13. The van der Waals surface area contributed by atoms with Gasteiger partial charge in [-0.15, -0.1) is 0 Å². The van der Waals surface area contributed by atoms with Crippen LogP contribution < -0.4 is 11.1 Å². The summed E-state index contributed by atoms with van der Waals surface area (Å²) in [6.45, 7) is 1.15. The van der Waals surface area contributed by atoms with Crippen molar-refractivity contribution in [3.05, 3.63) is 34.9 Å². The molecule has 24 heavy (non-hydrogen) atoms. The minimum atomic E-state index is -0.546. The molecule has 0 aromatic heterocycles. The van der Waals surface area contributed by atoms with Crippen LogP contribution in [-0.2, 0) is 22.6 Å². The van der Waals surface area contributed by atoms with Gasteiger partial charge in [0.05, 0.1) is 0 Å². The first-order valence-corrected chi connectivity index (χ1v) is 8.56. The van der Waals surface area contributed by atoms with Crippen LogP contribution in [0.15, 0.2) is 18.2 Å². The number of carbonyl (C=O) groups is 3. The maximum absolute atomic E-state index is 12.7. The molecule has 6 nitrogen and oxygen atoms in total. The largest absolute Gasteiger partial charge is 0.330 e. The van der Waals surface area contributed by atoms with Crippen LogP contribution in [0.4, 0.5) is 0 Å². The van der Waals surface area contributed by atoms with Gasteiger partial charge in [0, 0.05) is 18.5 Å². The normalized spacial score (nSPS) is 20.3. The molecular formula is C18H23N3O3. The third-order valence-corrected chi connectivity index (χ3v) is 4.76. The molecule has 0 saturated carbocycles. The summed E-state index contributed by atoms with van der Waals surface area (Å²) in [5.74, 6) is -0.738. The topological polar surface area (TPSA) is 92.5 Å². The number of nitrogens with zero attached hydrogens (tertiary/aromatic N) is 1. The van der Waals surface area contributed by atoms with Gasteiger partial charge in [0.2, 0.25) is 11.8 Å². The van der Waals surface area contributed by atoms with E-state index >= 15 is 0 Å². The number of imide groups is 1. The summed E-state index contributed by atoms with van der Waals surface area (Å²) < 4.78 is 0. The third kappa shape index (κ3) is 3.33. The number of amides is 3. The predicted octanol–water partition coefficient (Wildman–Crippen LogP) is 1.12. The fourth-order valence-corrected chi connectivity index (χ4v) is 3.41. The van der Waals surface area contributed by atoms with Gasteiger partial charge in [-0.05, 0) is 49.4 Å². The summed E-state index contributed by atoms with van der Waals surface area (Å²) in [5, 5.41) is 2.32. The molecule has 2 aliphatic rings. The molecule has 2 aliphatic heterocycles. The molecule has 0 radical (unpaired) electrons. The summed E-state index contributed by atoms with van der Waals surface area (Å²) in [6, 6.07) is 5.45. The molecule has 0 bridgehead atoms. The molecular weight excluding hydrogens is 306 g/mol. The Morgan fingerprint density at radius 3 is 2.75 bits per heavy atom. The van der Waals surface area contributed by atoms with Gasteiger partial charge in [-0.25, -0.2) is 0 Å². The number of unbranched alkanes of at least 4 members (excludes halogenated alkanes) is 2. The predicted molar refractivity (Wildman–Crippen MR) is 89.1 cm³/mol. The van der Waals surface area contributed by atoms with Crippen LogP contribution in [0.25, 0.3) is 0 Å². The molecule has 1 fully saturated rings. The van der Waals surface area contributed by atoms with Crippen molar-refractivity contribution >= 4 is 17.7 Å². The molecule has 6 heteroatoms. The number of nitrogens with two attached hydrogens (primary N) is 1. The number of aryl methyl sites for hydroxylation is 1. The molecule has 128 valence electrons. The van der Waals surface area contributed by atoms with E-state index in [2.05, 4.69) is 11.4 Å². The lowest BCUT2D eigenvalue weighted by molar-refractivity contribution is -0.136. The Hall–Kier alpha value is -2.21. The van der Waals surface area contributed by atoms with E-state index in [0.717, 1.165) is 36.8 Å². The van der Waals surface area contributed by atoms with Gasteiger partial charge in [0.1, 0.15) is 6.04 Å². The van der Waals surface area contributed by atoms with Gasteiger partial charge < -0.3 is 10.6 Å². The average molecular weight is 329 g/mol. The maximum Gasteiger partial charge on any atom is 0.255 e. The first-order valence-electron chi connectivity index (χ1n) is 8.56. The van der Waals surface area contributed by atoms with E-state index in [1.165, 1.54) is 0 Å². The smallest absolute Gasteiger partial charge is 0.255 e. The second-order valence-electron chi connectivity index (χ2n) is 6.49. The second-order valence-corrected chi connectivity index (χ2v) is 6.49. The molecule has 0 aliphatic carbocycles. The van der Waals surface area contributed by atoms with Gasteiger partial charge in [0.15, 0.2) is 0 Å². The molecule has 2 heterocycles. The zero-order chi connectivity index (χ0) is 17.1. The summed E-state index contributed by atoms with van der Waals surface area (Å²) in [5.41, 5.74) is 8.29. The Morgan fingerprint density at radius 1 is 1.17 bits per heavy atom. The molecule has 1 aromatic carbocycles. The van der Waals surface area contributed by atoms with E-state index in [4.69, 9.17) is 5.73 Å². The maximum atomic E-state index is 12.7. The van der Waals surface area contributed by atoms with Crippen molar-refractivity contribution in [2.24, 2.45) is 5.73 Å². The van der Waals surface area contributed by atoms with Crippen molar-refractivity contribution in [2.45, 2.75) is 51.1 Å². The van der Waals surface area contributed by atoms with Crippen molar-refractivity contribution < 1.29 is 14.4 Å². The third-order valence-electron chi connectivity index (χ3n) is 4.76. The zero-order valence-electron chi connectivity index (χ0n) is 13.7. The van der Waals surface area contributed by atoms with E-state index in [0.29, 0.717) is 25.1 Å². The Morgan fingerprint density at radius 2 is 2.00 bits per heavy atom. The number of benzene rings is 1. The highest BCUT2D eigenvalue weighted by atomic mass is 16.2. The summed E-state index contributed by atoms with van der Waals surface area (Å²) in [7, 11) is 0. The fourth-order valence-electron chi connectivity index (χ4n) is 3.41. The SMILES string of the molecule is NCCCCCc1ccc2c(c1)C(=O)N(C1CCC(=O)NC1=O)C2. The Bertz CT molecular complexity index is 671. The minimum absolute atomic E-state index is 0.108. The van der Waals surface area contributed by atoms with Crippen LogP contribution in [0, 0.1) is 0 Å². The average Bonchev–Trinajstić information content (AvgIpc) is 2.88. The molecule has 3 amide bonds. The molecule has 1 unspecified atom stereocenters. The van der Waals surface area contributed by atoms with Gasteiger partial charge in [-0.2, -0.15) is 0 Å². The van der Waals surface area contributed by atoms with Crippen LogP contribution in [0.2, 0.25) is 0 Å². The number of piperidine rings is 1. The van der Waals surface area contributed by atoms with E-state index in [9.17, 15) is 14.4 Å². The minimum Gasteiger partial charge on any atom is -0.330 e. The molecule has 1 aromatic rings. The summed E-state index contributed by atoms with van der Waals surface area (Å²) in [4.78, 5) is 37.6. The molecule has 3 N–H and O–H groups in total. The number of carbonyl (C=O) groups excluding carboxylic acids is 3. The first kappa shape index (κ1) is 16.6. The number of nitrogens with one attached hydrogen (secondary N) is 1.